The Labute approximate surface area is 108 Å². The molecule has 0 amide bonds. The number of rotatable bonds is 0. The summed E-state index contributed by atoms with van der Waals surface area (Å²) in [5.74, 6) is 0.286. The Morgan fingerprint density at radius 2 is 1.75 bits per heavy atom. The third-order valence-electron chi connectivity index (χ3n) is 1.82. The Morgan fingerprint density at radius 1 is 1.25 bits per heavy atom. The van der Waals surface area contributed by atoms with Crippen molar-refractivity contribution >= 4 is 53.7 Å². The van der Waals surface area contributed by atoms with Gasteiger partial charge in [0.1, 0.15) is 0 Å². The standard InChI is InChI=1S/C9H14O.2HI/c1-7-4-8(10)6-9(2,3)5-7;;/h4H,5-6H2,1-3H3;2*1H. The van der Waals surface area contributed by atoms with Crippen LogP contribution in [0.25, 0.3) is 0 Å². The molecule has 0 fully saturated rings. The smallest absolute Gasteiger partial charge is 0.156 e. The lowest BCUT2D eigenvalue weighted by atomic mass is 9.77. The van der Waals surface area contributed by atoms with E-state index in [1.54, 1.807) is 6.08 Å². The van der Waals surface area contributed by atoms with Gasteiger partial charge in [-0.25, -0.2) is 0 Å². The largest absolute Gasteiger partial charge is 0.295 e. The Bertz CT molecular complexity index is 195. The van der Waals surface area contributed by atoms with Crippen LogP contribution in [-0.2, 0) is 4.79 Å². The van der Waals surface area contributed by atoms with Gasteiger partial charge in [-0.3, -0.25) is 4.79 Å². The van der Waals surface area contributed by atoms with E-state index in [1.807, 2.05) is 6.92 Å². The van der Waals surface area contributed by atoms with Gasteiger partial charge in [-0.1, -0.05) is 19.4 Å². The van der Waals surface area contributed by atoms with Crippen molar-refractivity contribution < 1.29 is 4.79 Å². The molecular formula is C9H16I2O. The highest BCUT2D eigenvalue weighted by Crippen LogP contribution is 2.32. The number of carbonyl (C=O) groups is 1. The van der Waals surface area contributed by atoms with E-state index in [4.69, 9.17) is 0 Å². The van der Waals surface area contributed by atoms with Crippen molar-refractivity contribution in [2.75, 3.05) is 0 Å². The quantitative estimate of drug-likeness (QED) is 0.575. The van der Waals surface area contributed by atoms with Gasteiger partial charge >= 0.3 is 0 Å². The Morgan fingerprint density at radius 3 is 2.08 bits per heavy atom. The molecule has 0 bridgehead atoms. The molecule has 0 unspecified atom stereocenters. The molecule has 0 aromatic rings. The normalized spacial score (nSPS) is 20.2. The minimum Gasteiger partial charge on any atom is -0.295 e. The molecule has 1 aliphatic rings. The summed E-state index contributed by atoms with van der Waals surface area (Å²) in [6.07, 6.45) is 3.55. The van der Waals surface area contributed by atoms with Gasteiger partial charge in [0.25, 0.3) is 0 Å². The first-order chi connectivity index (χ1) is 4.49. The second-order valence-corrected chi connectivity index (χ2v) is 3.97. The SMILES string of the molecule is CC1=CC(=O)CC(C)(C)C1.I.I. The maximum atomic E-state index is 11.0. The summed E-state index contributed by atoms with van der Waals surface area (Å²) in [5.41, 5.74) is 1.43. The van der Waals surface area contributed by atoms with Crippen LogP contribution in [0.15, 0.2) is 11.6 Å². The van der Waals surface area contributed by atoms with Crippen molar-refractivity contribution in [2.45, 2.75) is 33.6 Å². The fourth-order valence-corrected chi connectivity index (χ4v) is 1.67. The van der Waals surface area contributed by atoms with Gasteiger partial charge in [0.05, 0.1) is 0 Å². The zero-order valence-electron chi connectivity index (χ0n) is 7.72. The predicted octanol–water partition coefficient (Wildman–Crippen LogP) is 3.56. The van der Waals surface area contributed by atoms with Gasteiger partial charge in [-0.15, -0.1) is 48.0 Å². The van der Waals surface area contributed by atoms with E-state index >= 15 is 0 Å². The molecule has 3 heteroatoms. The molecule has 1 rings (SSSR count). The highest BCUT2D eigenvalue weighted by atomic mass is 127. The summed E-state index contributed by atoms with van der Waals surface area (Å²) in [5, 5.41) is 0. The molecule has 1 aliphatic carbocycles. The third-order valence-corrected chi connectivity index (χ3v) is 1.82. The van der Waals surface area contributed by atoms with Crippen molar-refractivity contribution in [1.29, 1.82) is 0 Å². The van der Waals surface area contributed by atoms with E-state index in [1.165, 1.54) is 5.57 Å². The van der Waals surface area contributed by atoms with Crippen LogP contribution in [0.5, 0.6) is 0 Å². The zero-order chi connectivity index (χ0) is 7.78. The summed E-state index contributed by atoms with van der Waals surface area (Å²) in [6.45, 7) is 6.31. The van der Waals surface area contributed by atoms with Crippen LogP contribution in [0.1, 0.15) is 33.6 Å². The van der Waals surface area contributed by atoms with E-state index in [-0.39, 0.29) is 59.2 Å². The number of allylic oxidation sites excluding steroid dienone is 2. The van der Waals surface area contributed by atoms with Crippen LogP contribution in [0.2, 0.25) is 0 Å². The van der Waals surface area contributed by atoms with Crippen LogP contribution in [0, 0.1) is 5.41 Å². The molecule has 12 heavy (non-hydrogen) atoms. The van der Waals surface area contributed by atoms with Gasteiger partial charge < -0.3 is 0 Å². The second-order valence-electron chi connectivity index (χ2n) is 3.97. The Hall–Kier alpha value is 0.870. The Balaban J connectivity index is 0. The molecule has 0 heterocycles. The lowest BCUT2D eigenvalue weighted by Gasteiger charge is -2.27. The maximum Gasteiger partial charge on any atom is 0.156 e. The average molecular weight is 394 g/mol. The van der Waals surface area contributed by atoms with Gasteiger partial charge in [-0.2, -0.15) is 0 Å². The topological polar surface area (TPSA) is 17.1 Å². The molecular weight excluding hydrogens is 378 g/mol. The lowest BCUT2D eigenvalue weighted by Crippen LogP contribution is -2.20. The summed E-state index contributed by atoms with van der Waals surface area (Å²) >= 11 is 0. The van der Waals surface area contributed by atoms with E-state index in [9.17, 15) is 4.79 Å². The maximum absolute atomic E-state index is 11.0. The molecule has 72 valence electrons. The highest BCUT2D eigenvalue weighted by molar-refractivity contribution is 14.0. The van der Waals surface area contributed by atoms with Crippen LogP contribution in [0.3, 0.4) is 0 Å². The molecule has 1 nitrogen and oxygen atoms in total. The van der Waals surface area contributed by atoms with Gasteiger partial charge in [0.15, 0.2) is 5.78 Å². The van der Waals surface area contributed by atoms with Crippen molar-refractivity contribution in [3.05, 3.63) is 11.6 Å². The summed E-state index contributed by atoms with van der Waals surface area (Å²) in [4.78, 5) is 11.0. The average Bonchev–Trinajstić information content (AvgIpc) is 1.54. The highest BCUT2D eigenvalue weighted by Gasteiger charge is 2.25. The van der Waals surface area contributed by atoms with E-state index in [0.29, 0.717) is 6.42 Å². The molecule has 0 aliphatic heterocycles. The molecule has 0 aromatic heterocycles. The predicted molar refractivity (Wildman–Crippen MR) is 72.6 cm³/mol. The molecule has 0 atom stereocenters. The minimum absolute atomic E-state index is 0. The van der Waals surface area contributed by atoms with Crippen molar-refractivity contribution in [2.24, 2.45) is 5.41 Å². The van der Waals surface area contributed by atoms with Crippen LogP contribution < -0.4 is 0 Å². The van der Waals surface area contributed by atoms with Crippen molar-refractivity contribution in [3.8, 4) is 0 Å². The third kappa shape index (κ3) is 4.79. The second kappa shape index (κ2) is 5.57. The molecule has 0 saturated heterocycles. The van der Waals surface area contributed by atoms with E-state index in [0.717, 1.165) is 6.42 Å². The number of hydrogen-bond acceptors (Lipinski definition) is 1. The van der Waals surface area contributed by atoms with Gasteiger partial charge in [-0.05, 0) is 24.8 Å². The first kappa shape index (κ1) is 15.3. The van der Waals surface area contributed by atoms with E-state index < -0.39 is 0 Å². The van der Waals surface area contributed by atoms with Crippen LogP contribution >= 0.6 is 48.0 Å². The Kier molecular flexibility index (Phi) is 7.12. The molecule has 0 saturated carbocycles. The molecule has 0 spiro atoms. The summed E-state index contributed by atoms with van der Waals surface area (Å²) < 4.78 is 0. The monoisotopic (exact) mass is 394 g/mol. The van der Waals surface area contributed by atoms with Crippen LogP contribution in [0.4, 0.5) is 0 Å². The van der Waals surface area contributed by atoms with Crippen molar-refractivity contribution in [3.63, 3.8) is 0 Å². The first-order valence-corrected chi connectivity index (χ1v) is 3.70. The van der Waals surface area contributed by atoms with Gasteiger partial charge in [0.2, 0.25) is 0 Å². The lowest BCUT2D eigenvalue weighted by molar-refractivity contribution is -0.117. The first-order valence-electron chi connectivity index (χ1n) is 3.70. The number of carbonyl (C=O) groups excluding carboxylic acids is 1. The van der Waals surface area contributed by atoms with E-state index in [2.05, 4.69) is 13.8 Å². The molecule has 0 aromatic carbocycles. The fraction of sp³-hybridized carbons (Fsp3) is 0.667. The zero-order valence-corrected chi connectivity index (χ0v) is 12.4. The minimum atomic E-state index is 0. The fourth-order valence-electron chi connectivity index (χ4n) is 1.67. The molecule has 0 radical (unpaired) electrons. The summed E-state index contributed by atoms with van der Waals surface area (Å²) in [6, 6.07) is 0. The summed E-state index contributed by atoms with van der Waals surface area (Å²) in [7, 11) is 0. The number of halogens is 2. The van der Waals surface area contributed by atoms with Crippen molar-refractivity contribution in [1.82, 2.24) is 0 Å². The molecule has 0 N–H and O–H groups in total. The number of hydrogen-bond donors (Lipinski definition) is 0. The van der Waals surface area contributed by atoms with Gasteiger partial charge in [0, 0.05) is 6.42 Å². The number of ketones is 1. The van der Waals surface area contributed by atoms with Crippen LogP contribution in [-0.4, -0.2) is 5.78 Å².